The Balaban J connectivity index is 1.85. The van der Waals surface area contributed by atoms with Gasteiger partial charge in [0.15, 0.2) is 0 Å². The summed E-state index contributed by atoms with van der Waals surface area (Å²) in [6.45, 7) is 0. The Labute approximate surface area is 176 Å². The van der Waals surface area contributed by atoms with Gasteiger partial charge >= 0.3 is 5.97 Å². The van der Waals surface area contributed by atoms with Crippen LogP contribution in [0.4, 0.5) is 11.4 Å². The molecular formula is C20H17Cl2N3O4. The minimum absolute atomic E-state index is 0.0780. The number of aliphatic carboxylic acids is 1. The summed E-state index contributed by atoms with van der Waals surface area (Å²) in [5.74, 6) is -1.94. The summed E-state index contributed by atoms with van der Waals surface area (Å²) in [7, 11) is 0. The number of carboxylic acid groups (broad SMARTS) is 1. The molecule has 0 aromatic heterocycles. The Morgan fingerprint density at radius 3 is 2.52 bits per heavy atom. The van der Waals surface area contributed by atoms with Gasteiger partial charge in [-0.1, -0.05) is 35.3 Å². The number of nitrogens with one attached hydrogen (secondary N) is 2. The molecule has 150 valence electrons. The molecule has 0 spiro atoms. The molecule has 0 fully saturated rings. The number of hydrogen-bond donors (Lipinski definition) is 4. The van der Waals surface area contributed by atoms with Gasteiger partial charge in [0.05, 0.1) is 11.4 Å². The summed E-state index contributed by atoms with van der Waals surface area (Å²) in [5.41, 5.74) is 7.89. The van der Waals surface area contributed by atoms with Gasteiger partial charge in [0.2, 0.25) is 11.8 Å². The van der Waals surface area contributed by atoms with E-state index in [-0.39, 0.29) is 12.8 Å². The van der Waals surface area contributed by atoms with Crippen molar-refractivity contribution in [2.45, 2.75) is 18.9 Å². The van der Waals surface area contributed by atoms with Crippen molar-refractivity contribution in [2.75, 3.05) is 10.6 Å². The molecule has 3 rings (SSSR count). The van der Waals surface area contributed by atoms with Crippen LogP contribution >= 0.6 is 23.2 Å². The summed E-state index contributed by atoms with van der Waals surface area (Å²) in [5, 5.41) is 15.6. The van der Waals surface area contributed by atoms with Crippen LogP contribution in [0.2, 0.25) is 10.0 Å². The minimum Gasteiger partial charge on any atom is -0.480 e. The van der Waals surface area contributed by atoms with Crippen molar-refractivity contribution in [3.05, 3.63) is 63.6 Å². The van der Waals surface area contributed by atoms with Gasteiger partial charge in [-0.05, 0) is 35.4 Å². The maximum Gasteiger partial charge on any atom is 0.326 e. The van der Waals surface area contributed by atoms with Crippen molar-refractivity contribution in [2.24, 2.45) is 5.73 Å². The van der Waals surface area contributed by atoms with Gasteiger partial charge in [-0.25, -0.2) is 4.79 Å². The number of anilines is 2. The Morgan fingerprint density at radius 1 is 1.21 bits per heavy atom. The summed E-state index contributed by atoms with van der Waals surface area (Å²) in [6.07, 6.45) is 1.51. The third-order valence-electron chi connectivity index (χ3n) is 4.33. The van der Waals surface area contributed by atoms with E-state index in [0.717, 1.165) is 5.56 Å². The zero-order valence-electron chi connectivity index (χ0n) is 15.0. The van der Waals surface area contributed by atoms with Crippen molar-refractivity contribution in [1.29, 1.82) is 0 Å². The Kier molecular flexibility index (Phi) is 6.10. The summed E-state index contributed by atoms with van der Waals surface area (Å²) < 4.78 is 0. The van der Waals surface area contributed by atoms with E-state index in [1.54, 1.807) is 30.3 Å². The second-order valence-corrected chi connectivity index (χ2v) is 7.39. The first-order valence-electron chi connectivity index (χ1n) is 8.60. The standard InChI is InChI=1S/C20H17Cl2N3O4/c21-12-8-14(22)19-11(6-16(20(28)29)25-15(19)9-12)7-18(27)24-13-3-1-10(2-4-13)5-17(23)26/h1-4,7-9,16,25H,5-6H2,(H2,23,26)(H,24,27)(H,28,29). The second-order valence-electron chi connectivity index (χ2n) is 6.55. The lowest BCUT2D eigenvalue weighted by molar-refractivity contribution is -0.137. The fourth-order valence-corrected chi connectivity index (χ4v) is 3.71. The van der Waals surface area contributed by atoms with Gasteiger partial charge < -0.3 is 21.5 Å². The van der Waals surface area contributed by atoms with E-state index >= 15 is 0 Å². The van der Waals surface area contributed by atoms with Crippen LogP contribution in [-0.4, -0.2) is 28.9 Å². The number of carboxylic acids is 1. The van der Waals surface area contributed by atoms with Crippen molar-refractivity contribution in [3.8, 4) is 0 Å². The largest absolute Gasteiger partial charge is 0.480 e. The molecule has 0 aliphatic carbocycles. The van der Waals surface area contributed by atoms with E-state index in [9.17, 15) is 19.5 Å². The molecule has 1 unspecified atom stereocenters. The van der Waals surface area contributed by atoms with Crippen molar-refractivity contribution >= 4 is 57.9 Å². The van der Waals surface area contributed by atoms with Crippen molar-refractivity contribution in [3.63, 3.8) is 0 Å². The molecule has 0 saturated heterocycles. The molecule has 5 N–H and O–H groups in total. The molecule has 29 heavy (non-hydrogen) atoms. The number of primary amides is 1. The van der Waals surface area contributed by atoms with Crippen LogP contribution in [0.5, 0.6) is 0 Å². The van der Waals surface area contributed by atoms with Crippen LogP contribution < -0.4 is 16.4 Å². The molecule has 2 amide bonds. The number of halogens is 2. The summed E-state index contributed by atoms with van der Waals surface area (Å²) in [4.78, 5) is 34.9. The number of amides is 2. The van der Waals surface area contributed by atoms with E-state index in [4.69, 9.17) is 28.9 Å². The summed E-state index contributed by atoms with van der Waals surface area (Å²) >= 11 is 12.3. The zero-order chi connectivity index (χ0) is 21.1. The number of nitrogens with two attached hydrogens (primary N) is 1. The molecule has 1 aliphatic heterocycles. The molecule has 1 atom stereocenters. The SMILES string of the molecule is NC(=O)Cc1ccc(NC(=O)C=C2CC(C(=O)O)Nc3cc(Cl)cc(Cl)c32)cc1. The minimum atomic E-state index is -1.05. The molecule has 0 saturated carbocycles. The number of carbonyl (C=O) groups excluding carboxylic acids is 2. The Bertz CT molecular complexity index is 1020. The fraction of sp³-hybridized carbons (Fsp3) is 0.150. The van der Waals surface area contributed by atoms with Crippen LogP contribution in [0, 0.1) is 0 Å². The van der Waals surface area contributed by atoms with Crippen LogP contribution in [-0.2, 0) is 20.8 Å². The van der Waals surface area contributed by atoms with Gasteiger partial charge in [-0.2, -0.15) is 0 Å². The highest BCUT2D eigenvalue weighted by Crippen LogP contribution is 2.40. The first-order valence-corrected chi connectivity index (χ1v) is 9.36. The van der Waals surface area contributed by atoms with Gasteiger partial charge in [-0.15, -0.1) is 0 Å². The molecule has 7 nitrogen and oxygen atoms in total. The Hall–Kier alpha value is -3.03. The molecule has 9 heteroatoms. The quantitative estimate of drug-likeness (QED) is 0.538. The molecule has 2 aromatic rings. The first kappa shape index (κ1) is 20.7. The van der Waals surface area contributed by atoms with E-state index in [1.165, 1.54) is 12.1 Å². The average Bonchev–Trinajstić information content (AvgIpc) is 2.61. The van der Waals surface area contributed by atoms with Crippen LogP contribution in [0.3, 0.4) is 0 Å². The predicted molar refractivity (Wildman–Crippen MR) is 112 cm³/mol. The molecule has 1 aliphatic rings. The molecule has 1 heterocycles. The monoisotopic (exact) mass is 433 g/mol. The second kappa shape index (κ2) is 8.55. The van der Waals surface area contributed by atoms with Gasteiger partial charge in [0, 0.05) is 34.5 Å². The fourth-order valence-electron chi connectivity index (χ4n) is 3.10. The van der Waals surface area contributed by atoms with Crippen molar-refractivity contribution < 1.29 is 19.5 Å². The van der Waals surface area contributed by atoms with Crippen LogP contribution in [0.25, 0.3) is 5.57 Å². The first-order chi connectivity index (χ1) is 13.7. The lowest BCUT2D eigenvalue weighted by Gasteiger charge is -2.27. The number of carbonyl (C=O) groups is 3. The highest BCUT2D eigenvalue weighted by atomic mass is 35.5. The maximum absolute atomic E-state index is 12.5. The van der Waals surface area contributed by atoms with Gasteiger partial charge in [0.1, 0.15) is 6.04 Å². The molecule has 0 radical (unpaired) electrons. The predicted octanol–water partition coefficient (Wildman–Crippen LogP) is 3.31. The van der Waals surface area contributed by atoms with Crippen molar-refractivity contribution in [1.82, 2.24) is 0 Å². The topological polar surface area (TPSA) is 122 Å². The third-order valence-corrected chi connectivity index (χ3v) is 4.85. The van der Waals surface area contributed by atoms with Gasteiger partial charge in [0.25, 0.3) is 0 Å². The van der Waals surface area contributed by atoms with E-state index in [0.29, 0.717) is 32.6 Å². The molecule has 0 bridgehead atoms. The highest BCUT2D eigenvalue weighted by molar-refractivity contribution is 6.36. The lowest BCUT2D eigenvalue weighted by atomic mass is 9.92. The summed E-state index contributed by atoms with van der Waals surface area (Å²) in [6, 6.07) is 8.87. The smallest absolute Gasteiger partial charge is 0.326 e. The number of fused-ring (bicyclic) bond motifs is 1. The van der Waals surface area contributed by atoms with Gasteiger partial charge in [-0.3, -0.25) is 9.59 Å². The normalized spacial score (nSPS) is 16.6. The molecular weight excluding hydrogens is 417 g/mol. The lowest BCUT2D eigenvalue weighted by Crippen LogP contribution is -2.33. The molecule has 2 aromatic carbocycles. The third kappa shape index (κ3) is 5.07. The van der Waals surface area contributed by atoms with Crippen LogP contribution in [0.15, 0.2) is 42.5 Å². The highest BCUT2D eigenvalue weighted by Gasteiger charge is 2.29. The van der Waals surface area contributed by atoms with Crippen LogP contribution in [0.1, 0.15) is 17.5 Å². The number of rotatable bonds is 5. The maximum atomic E-state index is 12.5. The number of hydrogen-bond acceptors (Lipinski definition) is 4. The van der Waals surface area contributed by atoms with E-state index in [2.05, 4.69) is 10.6 Å². The van der Waals surface area contributed by atoms with E-state index in [1.807, 2.05) is 0 Å². The Morgan fingerprint density at radius 2 is 1.90 bits per heavy atom. The van der Waals surface area contributed by atoms with E-state index < -0.39 is 23.8 Å². The number of benzene rings is 2. The average molecular weight is 434 g/mol. The zero-order valence-corrected chi connectivity index (χ0v) is 16.6.